The van der Waals surface area contributed by atoms with Crippen molar-refractivity contribution in [1.82, 2.24) is 10.5 Å². The molecule has 0 aliphatic carbocycles. The first kappa shape index (κ1) is 22.8. The van der Waals surface area contributed by atoms with E-state index in [9.17, 15) is 13.6 Å². The molecule has 3 rings (SSSR count). The number of rotatable bonds is 8. The number of anilines is 2. The van der Waals surface area contributed by atoms with Crippen molar-refractivity contribution in [3.05, 3.63) is 66.4 Å². The minimum Gasteiger partial charge on any atom is -0.499 e. The van der Waals surface area contributed by atoms with Crippen molar-refractivity contribution < 1.29 is 27.6 Å². The topological polar surface area (TPSA) is 85.6 Å². The minimum absolute atomic E-state index is 0.0449. The van der Waals surface area contributed by atoms with Crippen LogP contribution >= 0.6 is 0 Å². The monoisotopic (exact) mass is 419 g/mol. The first-order chi connectivity index (χ1) is 14.5. The Bertz CT molecular complexity index is 1020. The van der Waals surface area contributed by atoms with Gasteiger partial charge in [-0.25, -0.2) is 14.3 Å². The number of hydrogen-bond acceptors (Lipinski definition) is 6. The molecule has 0 saturated heterocycles. The average molecular weight is 419 g/mol. The number of pyridine rings is 1. The van der Waals surface area contributed by atoms with Crippen molar-refractivity contribution in [2.24, 2.45) is 0 Å². The summed E-state index contributed by atoms with van der Waals surface area (Å²) in [5, 5.41) is 2.96. The highest BCUT2D eigenvalue weighted by molar-refractivity contribution is 6.06. The van der Waals surface area contributed by atoms with E-state index < -0.39 is 17.5 Å². The van der Waals surface area contributed by atoms with Gasteiger partial charge in [-0.15, -0.1) is 0 Å². The van der Waals surface area contributed by atoms with Gasteiger partial charge in [-0.1, -0.05) is 26.5 Å². The summed E-state index contributed by atoms with van der Waals surface area (Å²) in [5.41, 5.74) is 2.85. The van der Waals surface area contributed by atoms with E-state index in [1.165, 1.54) is 24.6 Å². The third-order valence-electron chi connectivity index (χ3n) is 3.73. The van der Waals surface area contributed by atoms with Crippen LogP contribution in [0.25, 0.3) is 11.0 Å². The maximum atomic E-state index is 14.2. The lowest BCUT2D eigenvalue weighted by atomic mass is 10.2. The Balaban J connectivity index is 0.00000155. The Morgan fingerprint density at radius 2 is 2.00 bits per heavy atom. The largest absolute Gasteiger partial charge is 0.499 e. The number of fused-ring (bicyclic) bond motifs is 1. The molecular formula is C21H23F2N3O4. The van der Waals surface area contributed by atoms with Crippen LogP contribution in [0.4, 0.5) is 20.2 Å². The molecule has 0 saturated carbocycles. The number of halogens is 2. The van der Waals surface area contributed by atoms with Gasteiger partial charge in [-0.3, -0.25) is 14.6 Å². The Morgan fingerprint density at radius 1 is 1.23 bits per heavy atom. The van der Waals surface area contributed by atoms with Gasteiger partial charge in [-0.05, 0) is 24.6 Å². The summed E-state index contributed by atoms with van der Waals surface area (Å²) in [7, 11) is 0. The first-order valence-corrected chi connectivity index (χ1v) is 9.25. The van der Waals surface area contributed by atoms with E-state index in [1.807, 2.05) is 13.8 Å². The van der Waals surface area contributed by atoms with Crippen LogP contribution in [0.1, 0.15) is 30.0 Å². The van der Waals surface area contributed by atoms with Crippen molar-refractivity contribution in [2.45, 2.75) is 20.8 Å². The third-order valence-corrected chi connectivity index (χ3v) is 3.73. The normalized spacial score (nSPS) is 10.2. The molecule has 1 amide bonds. The Labute approximate surface area is 172 Å². The number of benzene rings is 1. The summed E-state index contributed by atoms with van der Waals surface area (Å²) in [6.45, 7) is 9.33. The summed E-state index contributed by atoms with van der Waals surface area (Å²) in [6, 6.07) is 4.52. The molecule has 0 bridgehead atoms. The lowest BCUT2D eigenvalue weighted by Gasteiger charge is -2.09. The predicted molar refractivity (Wildman–Crippen MR) is 109 cm³/mol. The van der Waals surface area contributed by atoms with Crippen LogP contribution in [0.2, 0.25) is 0 Å². The second kappa shape index (κ2) is 10.9. The number of nitrogens with zero attached hydrogens (tertiary/aromatic N) is 1. The summed E-state index contributed by atoms with van der Waals surface area (Å²) >= 11 is 0. The molecule has 7 nitrogen and oxygen atoms in total. The highest BCUT2D eigenvalue weighted by atomic mass is 19.1. The molecule has 0 aliphatic rings. The van der Waals surface area contributed by atoms with E-state index in [2.05, 4.69) is 22.4 Å². The van der Waals surface area contributed by atoms with Crippen molar-refractivity contribution in [1.29, 1.82) is 0 Å². The molecular weight excluding hydrogens is 396 g/mol. The average Bonchev–Trinajstić information content (AvgIpc) is 3.11. The number of carbonyl (C=O) groups excluding carboxylic acids is 1. The van der Waals surface area contributed by atoms with Gasteiger partial charge < -0.3 is 14.5 Å². The van der Waals surface area contributed by atoms with Crippen LogP contribution in [-0.2, 0) is 9.57 Å². The van der Waals surface area contributed by atoms with Crippen LogP contribution in [0.15, 0.2) is 47.9 Å². The molecule has 2 heterocycles. The molecule has 1 aromatic carbocycles. The van der Waals surface area contributed by atoms with Gasteiger partial charge in [0.25, 0.3) is 0 Å². The molecule has 0 spiro atoms. The van der Waals surface area contributed by atoms with Gasteiger partial charge in [0.15, 0.2) is 11.4 Å². The van der Waals surface area contributed by atoms with E-state index >= 15 is 0 Å². The number of hydrogen-bond donors (Lipinski definition) is 2. The van der Waals surface area contributed by atoms with Crippen LogP contribution in [-0.4, -0.2) is 24.1 Å². The summed E-state index contributed by atoms with van der Waals surface area (Å²) in [4.78, 5) is 21.2. The van der Waals surface area contributed by atoms with Gasteiger partial charge in [0.2, 0.25) is 5.76 Å². The molecule has 0 radical (unpaired) electrons. The van der Waals surface area contributed by atoms with Gasteiger partial charge in [-0.2, -0.15) is 0 Å². The van der Waals surface area contributed by atoms with E-state index in [-0.39, 0.29) is 41.3 Å². The summed E-state index contributed by atoms with van der Waals surface area (Å²) < 4.78 is 38.5. The fraction of sp³-hybridized carbons (Fsp3) is 0.238. The van der Waals surface area contributed by atoms with Gasteiger partial charge in [0, 0.05) is 6.20 Å². The number of ether oxygens (including phenoxy) is 1. The van der Waals surface area contributed by atoms with Crippen LogP contribution in [0, 0.1) is 18.6 Å². The molecule has 3 aromatic rings. The first-order valence-electron chi connectivity index (χ1n) is 9.25. The minimum atomic E-state index is -0.788. The zero-order chi connectivity index (χ0) is 22.1. The zero-order valence-corrected chi connectivity index (χ0v) is 16.9. The second-order valence-corrected chi connectivity index (χ2v) is 5.73. The standard InChI is InChI=1S/C19H17F2N3O4.C2H6/c1-3-26-6-7-27-24-19(25)18-16(12-9-22-10-14(21)17(12)28-18)23-15-5-4-11(2)8-13(15)20;1-2/h3-5,8-10,23H,1,6-7H2,2H3,(H,24,25);1-2H3. The Hall–Kier alpha value is -3.46. The SMILES string of the molecule is C=COCCONC(=O)c1oc2c(F)cncc2c1Nc1ccc(C)cc1F.CC. The molecule has 0 atom stereocenters. The lowest BCUT2D eigenvalue weighted by Crippen LogP contribution is -2.25. The molecule has 30 heavy (non-hydrogen) atoms. The summed E-state index contributed by atoms with van der Waals surface area (Å²) in [5.74, 6) is -2.37. The zero-order valence-electron chi connectivity index (χ0n) is 16.9. The fourth-order valence-corrected chi connectivity index (χ4v) is 2.46. The molecule has 160 valence electrons. The van der Waals surface area contributed by atoms with Crippen LogP contribution in [0.5, 0.6) is 0 Å². The Morgan fingerprint density at radius 3 is 2.70 bits per heavy atom. The number of aryl methyl sites for hydroxylation is 1. The molecule has 0 fully saturated rings. The highest BCUT2D eigenvalue weighted by Gasteiger charge is 2.24. The van der Waals surface area contributed by atoms with E-state index in [4.69, 9.17) is 14.0 Å². The van der Waals surface area contributed by atoms with Crippen LogP contribution in [0.3, 0.4) is 0 Å². The van der Waals surface area contributed by atoms with Crippen molar-refractivity contribution in [3.63, 3.8) is 0 Å². The van der Waals surface area contributed by atoms with E-state index in [1.54, 1.807) is 13.0 Å². The number of amides is 1. The smallest absolute Gasteiger partial charge is 0.312 e. The van der Waals surface area contributed by atoms with Gasteiger partial charge in [0.05, 0.1) is 23.5 Å². The quantitative estimate of drug-likeness (QED) is 0.303. The fourth-order valence-electron chi connectivity index (χ4n) is 2.46. The highest BCUT2D eigenvalue weighted by Crippen LogP contribution is 2.34. The number of carbonyl (C=O) groups is 1. The second-order valence-electron chi connectivity index (χ2n) is 5.73. The van der Waals surface area contributed by atoms with Crippen LogP contribution < -0.4 is 10.8 Å². The molecule has 2 N–H and O–H groups in total. The van der Waals surface area contributed by atoms with E-state index in [0.29, 0.717) is 0 Å². The van der Waals surface area contributed by atoms with Crippen molar-refractivity contribution in [3.8, 4) is 0 Å². The molecule has 0 aliphatic heterocycles. The molecule has 9 heteroatoms. The van der Waals surface area contributed by atoms with Gasteiger partial charge in [0.1, 0.15) is 24.7 Å². The van der Waals surface area contributed by atoms with E-state index in [0.717, 1.165) is 11.8 Å². The molecule has 0 unspecified atom stereocenters. The maximum absolute atomic E-state index is 14.2. The predicted octanol–water partition coefficient (Wildman–Crippen LogP) is 5.01. The number of furan rings is 1. The third kappa shape index (κ3) is 5.32. The summed E-state index contributed by atoms with van der Waals surface area (Å²) in [6.07, 6.45) is 3.50. The number of nitrogens with one attached hydrogen (secondary N) is 2. The number of hydroxylamine groups is 1. The van der Waals surface area contributed by atoms with Crippen molar-refractivity contribution >= 4 is 28.3 Å². The number of aromatic nitrogens is 1. The lowest BCUT2D eigenvalue weighted by molar-refractivity contribution is 0.0129. The van der Waals surface area contributed by atoms with Crippen molar-refractivity contribution in [2.75, 3.05) is 18.5 Å². The maximum Gasteiger partial charge on any atom is 0.312 e. The van der Waals surface area contributed by atoms with Gasteiger partial charge >= 0.3 is 5.91 Å². The molecule has 2 aromatic heterocycles. The Kier molecular flexibility index (Phi) is 8.30.